The second-order valence-corrected chi connectivity index (χ2v) is 9.52. The standard InChI is InChI=1S/C29H29FN4/c1-21-27(31-32-28(21)29(15-16-29)23-9-11-24(30)12-10-23)22-7-13-26(14-8-22)34-19-17-33(18-20-34)25-5-3-2-4-6-25/h2-14H,15-20H2,1H3,(H,31,32). The number of piperazine rings is 1. The molecule has 1 saturated heterocycles. The minimum Gasteiger partial charge on any atom is -0.368 e. The monoisotopic (exact) mass is 452 g/mol. The van der Waals surface area contributed by atoms with Crippen LogP contribution in [0.2, 0.25) is 0 Å². The van der Waals surface area contributed by atoms with Gasteiger partial charge >= 0.3 is 0 Å². The van der Waals surface area contributed by atoms with E-state index in [1.165, 1.54) is 16.9 Å². The van der Waals surface area contributed by atoms with Crippen LogP contribution in [0.4, 0.5) is 15.8 Å². The van der Waals surface area contributed by atoms with E-state index in [0.29, 0.717) is 0 Å². The number of aromatic nitrogens is 2. The van der Waals surface area contributed by atoms with Gasteiger partial charge in [-0.1, -0.05) is 42.5 Å². The van der Waals surface area contributed by atoms with Crippen molar-refractivity contribution in [2.24, 2.45) is 0 Å². The van der Waals surface area contributed by atoms with Crippen molar-refractivity contribution >= 4 is 11.4 Å². The maximum Gasteiger partial charge on any atom is 0.123 e. The molecular weight excluding hydrogens is 423 g/mol. The Bertz CT molecular complexity index is 1270. The van der Waals surface area contributed by atoms with Gasteiger partial charge in [0.1, 0.15) is 5.82 Å². The van der Waals surface area contributed by atoms with Crippen LogP contribution in [0.3, 0.4) is 0 Å². The molecule has 0 atom stereocenters. The summed E-state index contributed by atoms with van der Waals surface area (Å²) in [5.41, 5.74) is 8.15. The van der Waals surface area contributed by atoms with Crippen molar-refractivity contribution in [1.82, 2.24) is 10.2 Å². The van der Waals surface area contributed by atoms with E-state index in [-0.39, 0.29) is 11.2 Å². The highest BCUT2D eigenvalue weighted by atomic mass is 19.1. The van der Waals surface area contributed by atoms with E-state index in [0.717, 1.165) is 61.5 Å². The number of rotatable bonds is 5. The Kier molecular flexibility index (Phi) is 5.13. The lowest BCUT2D eigenvalue weighted by Crippen LogP contribution is -2.46. The molecule has 34 heavy (non-hydrogen) atoms. The number of aromatic amines is 1. The lowest BCUT2D eigenvalue weighted by molar-refractivity contribution is 0.625. The molecule has 5 heteroatoms. The molecule has 4 nitrogen and oxygen atoms in total. The van der Waals surface area contributed by atoms with E-state index in [2.05, 4.69) is 76.4 Å². The number of hydrogen-bond donors (Lipinski definition) is 1. The molecule has 2 fully saturated rings. The summed E-state index contributed by atoms with van der Waals surface area (Å²) in [4.78, 5) is 4.91. The molecule has 4 aromatic rings. The number of nitrogens with zero attached hydrogens (tertiary/aromatic N) is 3. The lowest BCUT2D eigenvalue weighted by Gasteiger charge is -2.37. The highest BCUT2D eigenvalue weighted by Crippen LogP contribution is 2.54. The Morgan fingerprint density at radius 2 is 1.35 bits per heavy atom. The first-order valence-electron chi connectivity index (χ1n) is 12.1. The number of benzene rings is 3. The Hall–Kier alpha value is -3.60. The number of halogens is 1. The lowest BCUT2D eigenvalue weighted by atomic mass is 9.89. The first-order valence-corrected chi connectivity index (χ1v) is 12.1. The molecule has 0 radical (unpaired) electrons. The van der Waals surface area contributed by atoms with E-state index in [4.69, 9.17) is 5.10 Å². The fraction of sp³-hybridized carbons (Fsp3) is 0.276. The Balaban J connectivity index is 1.18. The van der Waals surface area contributed by atoms with Gasteiger partial charge in [0.05, 0.1) is 5.69 Å². The molecule has 172 valence electrons. The number of para-hydroxylation sites is 1. The van der Waals surface area contributed by atoms with E-state index >= 15 is 0 Å². The molecule has 0 spiro atoms. The van der Waals surface area contributed by atoms with Gasteiger partial charge in [-0.3, -0.25) is 5.10 Å². The average Bonchev–Trinajstić information content (AvgIpc) is 3.60. The molecule has 3 aromatic carbocycles. The fourth-order valence-corrected chi connectivity index (χ4v) is 5.41. The SMILES string of the molecule is Cc1c(-c2ccc(N3CCN(c4ccccc4)CC3)cc2)n[nH]c1C1(c2ccc(F)cc2)CC1. The molecule has 1 saturated carbocycles. The number of anilines is 2. The first-order chi connectivity index (χ1) is 16.6. The molecule has 2 aliphatic rings. The van der Waals surface area contributed by atoms with Crippen LogP contribution in [-0.2, 0) is 5.41 Å². The minimum atomic E-state index is -0.192. The molecule has 0 unspecified atom stereocenters. The third-order valence-corrected chi connectivity index (χ3v) is 7.54. The largest absolute Gasteiger partial charge is 0.368 e. The molecular formula is C29H29FN4. The molecule has 0 amide bonds. The topological polar surface area (TPSA) is 35.2 Å². The van der Waals surface area contributed by atoms with Crippen molar-refractivity contribution in [2.75, 3.05) is 36.0 Å². The van der Waals surface area contributed by atoms with Crippen molar-refractivity contribution in [2.45, 2.75) is 25.2 Å². The van der Waals surface area contributed by atoms with Crippen molar-refractivity contribution in [3.8, 4) is 11.3 Å². The van der Waals surface area contributed by atoms with Crippen LogP contribution in [-0.4, -0.2) is 36.4 Å². The van der Waals surface area contributed by atoms with Gasteiger partial charge in [-0.15, -0.1) is 0 Å². The van der Waals surface area contributed by atoms with Crippen LogP contribution in [0.15, 0.2) is 78.9 Å². The van der Waals surface area contributed by atoms with Gasteiger partial charge in [0.15, 0.2) is 0 Å². The number of nitrogens with one attached hydrogen (secondary N) is 1. The fourth-order valence-electron chi connectivity index (χ4n) is 5.41. The van der Waals surface area contributed by atoms with Gasteiger partial charge in [-0.2, -0.15) is 5.10 Å². The van der Waals surface area contributed by atoms with Crippen molar-refractivity contribution in [1.29, 1.82) is 0 Å². The molecule has 1 aliphatic carbocycles. The van der Waals surface area contributed by atoms with Crippen molar-refractivity contribution < 1.29 is 4.39 Å². The summed E-state index contributed by atoms with van der Waals surface area (Å²) in [5, 5.41) is 8.03. The molecule has 6 rings (SSSR count). The minimum absolute atomic E-state index is 0.0542. The normalized spacial score (nSPS) is 17.1. The summed E-state index contributed by atoms with van der Waals surface area (Å²) in [6.07, 6.45) is 2.13. The van der Waals surface area contributed by atoms with Gasteiger partial charge in [0.2, 0.25) is 0 Å². The van der Waals surface area contributed by atoms with Gasteiger partial charge < -0.3 is 9.80 Å². The van der Waals surface area contributed by atoms with Gasteiger partial charge in [0.25, 0.3) is 0 Å². The molecule has 1 aliphatic heterocycles. The summed E-state index contributed by atoms with van der Waals surface area (Å²) in [6, 6.07) is 26.4. The van der Waals surface area contributed by atoms with E-state index in [1.807, 2.05) is 12.1 Å². The van der Waals surface area contributed by atoms with Gasteiger partial charge in [-0.25, -0.2) is 4.39 Å². The average molecular weight is 453 g/mol. The zero-order valence-corrected chi connectivity index (χ0v) is 19.5. The smallest absolute Gasteiger partial charge is 0.123 e. The predicted octanol–water partition coefficient (Wildman–Crippen LogP) is 5.93. The van der Waals surface area contributed by atoms with Gasteiger partial charge in [0, 0.05) is 54.2 Å². The van der Waals surface area contributed by atoms with Crippen molar-refractivity contribution in [3.05, 3.63) is 102 Å². The van der Waals surface area contributed by atoms with E-state index < -0.39 is 0 Å². The molecule has 1 N–H and O–H groups in total. The maximum atomic E-state index is 13.4. The number of hydrogen-bond acceptors (Lipinski definition) is 3. The van der Waals surface area contributed by atoms with Crippen LogP contribution < -0.4 is 9.80 Å². The van der Waals surface area contributed by atoms with E-state index in [9.17, 15) is 4.39 Å². The highest BCUT2D eigenvalue weighted by molar-refractivity contribution is 5.68. The second kappa shape index (κ2) is 8.32. The summed E-state index contributed by atoms with van der Waals surface area (Å²) in [6.45, 7) is 6.23. The molecule has 0 bridgehead atoms. The maximum absolute atomic E-state index is 13.4. The van der Waals surface area contributed by atoms with Gasteiger partial charge in [-0.05, 0) is 67.3 Å². The number of H-pyrrole nitrogens is 1. The molecule has 2 heterocycles. The predicted molar refractivity (Wildman–Crippen MR) is 136 cm³/mol. The highest BCUT2D eigenvalue weighted by Gasteiger charge is 2.48. The molecule has 1 aromatic heterocycles. The zero-order valence-electron chi connectivity index (χ0n) is 19.5. The zero-order chi connectivity index (χ0) is 23.1. The Morgan fingerprint density at radius 1 is 0.765 bits per heavy atom. The second-order valence-electron chi connectivity index (χ2n) is 9.52. The van der Waals surface area contributed by atoms with Crippen LogP contribution in [0, 0.1) is 12.7 Å². The first kappa shape index (κ1) is 21.0. The summed E-state index contributed by atoms with van der Waals surface area (Å²) < 4.78 is 13.4. The van der Waals surface area contributed by atoms with Crippen molar-refractivity contribution in [3.63, 3.8) is 0 Å². The van der Waals surface area contributed by atoms with Crippen LogP contribution in [0.25, 0.3) is 11.3 Å². The third kappa shape index (κ3) is 3.65. The third-order valence-electron chi connectivity index (χ3n) is 7.54. The quantitative estimate of drug-likeness (QED) is 0.408. The Morgan fingerprint density at radius 3 is 1.94 bits per heavy atom. The Labute approximate surface area is 200 Å². The van der Waals surface area contributed by atoms with Crippen LogP contribution in [0.1, 0.15) is 29.7 Å². The summed E-state index contributed by atoms with van der Waals surface area (Å²) >= 11 is 0. The van der Waals surface area contributed by atoms with Crippen LogP contribution in [0.5, 0.6) is 0 Å². The summed E-state index contributed by atoms with van der Waals surface area (Å²) in [5.74, 6) is -0.192. The summed E-state index contributed by atoms with van der Waals surface area (Å²) in [7, 11) is 0. The van der Waals surface area contributed by atoms with Crippen LogP contribution >= 0.6 is 0 Å². The van der Waals surface area contributed by atoms with E-state index in [1.54, 1.807) is 12.1 Å².